The summed E-state index contributed by atoms with van der Waals surface area (Å²) in [4.78, 5) is 49.0. The van der Waals surface area contributed by atoms with E-state index in [0.717, 1.165) is 35.6 Å². The number of rotatable bonds is 13. The number of nitro benzene ring substituents is 2. The molecule has 0 spiro atoms. The van der Waals surface area contributed by atoms with Crippen LogP contribution in [-0.4, -0.2) is 56.0 Å². The van der Waals surface area contributed by atoms with Crippen molar-refractivity contribution in [1.29, 1.82) is 0 Å². The number of aryl methyl sites for hydroxylation is 4. The molecule has 0 unspecified atom stereocenters. The summed E-state index contributed by atoms with van der Waals surface area (Å²) < 4.78 is 5.40. The number of hydrogen-bond donors (Lipinski definition) is 2. The van der Waals surface area contributed by atoms with Crippen LogP contribution in [0.1, 0.15) is 49.9 Å². The first-order valence-electron chi connectivity index (χ1n) is 17.6. The van der Waals surface area contributed by atoms with Crippen molar-refractivity contribution in [2.45, 2.75) is 55.4 Å². The van der Waals surface area contributed by atoms with E-state index >= 15 is 0 Å². The predicted molar refractivity (Wildman–Crippen MR) is 219 cm³/mol. The molecule has 0 aliphatic heterocycles. The van der Waals surface area contributed by atoms with E-state index in [-0.39, 0.29) is 34.6 Å². The number of carbonyl (C=O) groups excluding carboxylic acids is 2. The minimum Gasteiger partial charge on any atom is -0.494 e. The van der Waals surface area contributed by atoms with Gasteiger partial charge in [-0.15, -0.1) is 20.5 Å². The molecule has 2 N–H and O–H groups in total. The molecule has 4 aromatic rings. The maximum Gasteiger partial charge on any atom is 0.297 e. The van der Waals surface area contributed by atoms with E-state index in [1.54, 1.807) is 52.0 Å². The third-order valence-electron chi connectivity index (χ3n) is 8.27. The van der Waals surface area contributed by atoms with Gasteiger partial charge in [0.2, 0.25) is 11.8 Å². The van der Waals surface area contributed by atoms with E-state index in [0.29, 0.717) is 39.6 Å². The molecule has 0 radical (unpaired) electrons. The Morgan fingerprint density at radius 3 is 1.57 bits per heavy atom. The highest BCUT2D eigenvalue weighted by atomic mass is 16.6. The van der Waals surface area contributed by atoms with Crippen molar-refractivity contribution in [1.82, 2.24) is 0 Å². The zero-order valence-corrected chi connectivity index (χ0v) is 33.5. The first kappa shape index (κ1) is 43.6. The molecule has 0 atom stereocenters. The van der Waals surface area contributed by atoms with Gasteiger partial charge in [0.25, 0.3) is 11.4 Å². The van der Waals surface area contributed by atoms with Gasteiger partial charge in [0, 0.05) is 64.9 Å². The van der Waals surface area contributed by atoms with Crippen molar-refractivity contribution in [3.05, 3.63) is 97.1 Å². The zero-order chi connectivity index (χ0) is 41.9. The average Bonchev–Trinajstić information content (AvgIpc) is 3.11. The van der Waals surface area contributed by atoms with Gasteiger partial charge < -0.3 is 25.2 Å². The van der Waals surface area contributed by atoms with Crippen LogP contribution in [0, 0.1) is 47.9 Å². The summed E-state index contributed by atoms with van der Waals surface area (Å²) in [6.07, 6.45) is 0. The average molecular weight is 769 g/mol. The summed E-state index contributed by atoms with van der Waals surface area (Å²) in [5.41, 5.74) is 6.37. The first-order valence-corrected chi connectivity index (χ1v) is 17.6. The van der Waals surface area contributed by atoms with Crippen LogP contribution in [0.15, 0.2) is 75.1 Å². The van der Waals surface area contributed by atoms with E-state index in [2.05, 4.69) is 49.8 Å². The molecule has 17 nitrogen and oxygen atoms in total. The Labute approximate surface area is 325 Å². The fourth-order valence-corrected chi connectivity index (χ4v) is 5.75. The smallest absolute Gasteiger partial charge is 0.297 e. The van der Waals surface area contributed by atoms with Gasteiger partial charge in [-0.3, -0.25) is 29.8 Å². The minimum atomic E-state index is -0.487. The number of carbonyl (C=O) groups is 2. The van der Waals surface area contributed by atoms with Gasteiger partial charge in [-0.25, -0.2) is 0 Å². The molecule has 0 aliphatic rings. The van der Waals surface area contributed by atoms with Crippen molar-refractivity contribution in [2.75, 3.05) is 54.7 Å². The quantitative estimate of drug-likeness (QED) is 0.0751. The number of anilines is 4. The van der Waals surface area contributed by atoms with E-state index in [4.69, 9.17) is 4.74 Å². The van der Waals surface area contributed by atoms with Gasteiger partial charge in [-0.2, -0.15) is 0 Å². The molecular weight excluding hydrogens is 720 g/mol. The van der Waals surface area contributed by atoms with Crippen LogP contribution in [0.25, 0.3) is 0 Å². The number of nitro groups is 2. The topological polar surface area (TPSA) is 210 Å². The van der Waals surface area contributed by atoms with E-state index < -0.39 is 9.85 Å². The molecule has 17 heteroatoms. The van der Waals surface area contributed by atoms with Gasteiger partial charge in [0.1, 0.15) is 17.1 Å². The lowest BCUT2D eigenvalue weighted by Crippen LogP contribution is -2.21. The molecule has 0 bridgehead atoms. The molecule has 0 aromatic heterocycles. The first-order chi connectivity index (χ1) is 26.4. The molecule has 4 aromatic carbocycles. The Hall–Kier alpha value is -6.78. The Morgan fingerprint density at radius 2 is 1.16 bits per heavy atom. The lowest BCUT2D eigenvalue weighted by molar-refractivity contribution is -0.384. The Balaban J connectivity index is 0.000000300. The zero-order valence-electron chi connectivity index (χ0n) is 33.5. The second-order valence-corrected chi connectivity index (χ2v) is 13.0. The van der Waals surface area contributed by atoms with Crippen molar-refractivity contribution in [3.8, 4) is 5.75 Å². The maximum absolute atomic E-state index is 11.6. The Kier molecular flexibility index (Phi) is 15.2. The summed E-state index contributed by atoms with van der Waals surface area (Å²) in [5.74, 6) is 0.0256. The SMILES string of the molecule is CCN(CC)c1ccc(N=Nc2c(C)cc(C)cc2[N+](=O)[O-])c(NC(C)=O)c1.COc1cc(N=Nc2c(C)cc(C)cc2[N+](=O)[O-])c(NC(C)=O)cc1N(C)C. The van der Waals surface area contributed by atoms with Crippen molar-refractivity contribution >= 4 is 68.7 Å². The van der Waals surface area contributed by atoms with Crippen LogP contribution in [0.2, 0.25) is 0 Å². The fraction of sp³-hybridized carbons (Fsp3) is 0.333. The summed E-state index contributed by atoms with van der Waals surface area (Å²) in [6.45, 7) is 15.6. The van der Waals surface area contributed by atoms with Crippen molar-refractivity contribution in [3.63, 3.8) is 0 Å². The number of benzene rings is 4. The standard InChI is InChI=1S/C20H25N5O3.C19H23N5O4/c1-6-24(7-2)16-8-9-17(18(12-16)21-15(5)26)22-23-20-14(4)10-13(3)11-19(20)25(27)28;1-11-7-12(2)19(17(8-11)24(26)27)22-21-15-10-18(28-6)16(23(4)5)9-14(15)20-13(3)25/h8-12H,6-7H2,1-5H3,(H,21,26);7-10H,1-6H3,(H,20,25). The highest BCUT2D eigenvalue weighted by molar-refractivity contribution is 5.94. The predicted octanol–water partition coefficient (Wildman–Crippen LogP) is 10.1. The van der Waals surface area contributed by atoms with Gasteiger partial charge >= 0.3 is 0 Å². The number of nitrogens with zero attached hydrogens (tertiary/aromatic N) is 8. The van der Waals surface area contributed by atoms with Crippen LogP contribution in [0.3, 0.4) is 0 Å². The second kappa shape index (κ2) is 19.5. The normalized spacial score (nSPS) is 10.8. The summed E-state index contributed by atoms with van der Waals surface area (Å²) in [5, 5.41) is 44.9. The lowest BCUT2D eigenvalue weighted by Gasteiger charge is -2.22. The third kappa shape index (κ3) is 11.4. The number of amides is 2. The van der Waals surface area contributed by atoms with Gasteiger partial charge in [-0.05, 0) is 88.1 Å². The van der Waals surface area contributed by atoms with Gasteiger partial charge in [0.05, 0.1) is 34.0 Å². The van der Waals surface area contributed by atoms with Crippen LogP contribution in [0.4, 0.5) is 56.9 Å². The lowest BCUT2D eigenvalue weighted by atomic mass is 10.1. The summed E-state index contributed by atoms with van der Waals surface area (Å²) >= 11 is 0. The molecule has 56 heavy (non-hydrogen) atoms. The number of methoxy groups -OCH3 is 1. The summed E-state index contributed by atoms with van der Waals surface area (Å²) in [7, 11) is 5.21. The second-order valence-electron chi connectivity index (χ2n) is 13.0. The molecule has 4 rings (SSSR count). The molecular formula is C39H48N10O7. The van der Waals surface area contributed by atoms with Crippen LogP contribution in [0.5, 0.6) is 5.75 Å². The van der Waals surface area contributed by atoms with Gasteiger partial charge in [-0.1, -0.05) is 12.1 Å². The molecule has 0 heterocycles. The third-order valence-corrected chi connectivity index (χ3v) is 8.27. The van der Waals surface area contributed by atoms with E-state index in [1.165, 1.54) is 33.1 Å². The van der Waals surface area contributed by atoms with E-state index in [1.807, 2.05) is 37.2 Å². The van der Waals surface area contributed by atoms with Crippen LogP contribution in [-0.2, 0) is 9.59 Å². The van der Waals surface area contributed by atoms with Crippen LogP contribution < -0.4 is 25.2 Å². The highest BCUT2D eigenvalue weighted by Crippen LogP contribution is 2.41. The fourth-order valence-electron chi connectivity index (χ4n) is 5.75. The highest BCUT2D eigenvalue weighted by Gasteiger charge is 2.20. The molecule has 0 saturated heterocycles. The monoisotopic (exact) mass is 768 g/mol. The van der Waals surface area contributed by atoms with E-state index in [9.17, 15) is 29.8 Å². The van der Waals surface area contributed by atoms with Crippen LogP contribution >= 0.6 is 0 Å². The molecule has 2 amide bonds. The maximum atomic E-state index is 11.6. The molecule has 0 aliphatic carbocycles. The molecule has 0 saturated carbocycles. The van der Waals surface area contributed by atoms with Crippen molar-refractivity contribution < 1.29 is 24.2 Å². The number of hydrogen-bond acceptors (Lipinski definition) is 13. The Morgan fingerprint density at radius 1 is 0.696 bits per heavy atom. The minimum absolute atomic E-state index is 0.0953. The largest absolute Gasteiger partial charge is 0.494 e. The van der Waals surface area contributed by atoms with Gasteiger partial charge in [0.15, 0.2) is 11.4 Å². The number of nitrogens with one attached hydrogen (secondary N) is 2. The Bertz CT molecular complexity index is 2180. The summed E-state index contributed by atoms with van der Waals surface area (Å²) in [6, 6.07) is 15.3. The number of ether oxygens (including phenoxy) is 1. The molecule has 0 fully saturated rings. The number of azo groups is 2. The van der Waals surface area contributed by atoms with Crippen molar-refractivity contribution in [2.24, 2.45) is 20.5 Å². The molecule has 296 valence electrons.